The number of rotatable bonds is 2. The fraction of sp³-hybridized carbons (Fsp3) is 0.333. The Kier molecular flexibility index (Phi) is 3.23. The van der Waals surface area contributed by atoms with Crippen LogP contribution in [0.4, 0.5) is 0 Å². The Bertz CT molecular complexity index is 73.3. The Morgan fingerprint density at radius 3 is 2.71 bits per heavy atom. The van der Waals surface area contributed by atoms with Crippen LogP contribution in [0.1, 0.15) is 6.92 Å². The van der Waals surface area contributed by atoms with Crippen molar-refractivity contribution in [3.05, 3.63) is 12.0 Å². The van der Waals surface area contributed by atoms with Crippen molar-refractivity contribution in [3.8, 4) is 0 Å². The van der Waals surface area contributed by atoms with Crippen LogP contribution in [0.15, 0.2) is 12.0 Å². The molecule has 0 rings (SSSR count). The monoisotopic (exact) mass is 98.1 g/mol. The van der Waals surface area contributed by atoms with Gasteiger partial charge in [-0.15, -0.1) is 0 Å². The average Bonchev–Trinajstić information content (AvgIpc) is 1.68. The minimum Gasteiger partial charge on any atom is -0.425 e. The van der Waals surface area contributed by atoms with Gasteiger partial charge in [0.2, 0.25) is 7.98 Å². The number of allylic oxidation sites excluding steroid dienone is 1. The zero-order valence-electron chi connectivity index (χ0n) is 4.14. The number of nitrogens with two attached hydrogens (primary N) is 1. The lowest BCUT2D eigenvalue weighted by Crippen LogP contribution is -2.07. The number of hydrogen-bond acceptors (Lipinski definition) is 3. The van der Waals surface area contributed by atoms with E-state index in [1.807, 2.05) is 5.39 Å². The lowest BCUT2D eigenvalue weighted by atomic mass is 10.5. The molecule has 2 radical (unpaired) electrons. The summed E-state index contributed by atoms with van der Waals surface area (Å²) in [5.74, 6) is 0.544. The molecule has 0 aliphatic carbocycles. The quantitative estimate of drug-likeness (QED) is 0.275. The van der Waals surface area contributed by atoms with Crippen LogP contribution in [0.5, 0.6) is 0 Å². The van der Waals surface area contributed by atoms with Crippen molar-refractivity contribution in [1.29, 1.82) is 0 Å². The van der Waals surface area contributed by atoms with E-state index in [1.165, 1.54) is 6.20 Å². The van der Waals surface area contributed by atoms with E-state index in [0.29, 0.717) is 5.76 Å². The molecule has 0 spiro atoms. The smallest absolute Gasteiger partial charge is 0.236 e. The van der Waals surface area contributed by atoms with E-state index in [-0.39, 0.29) is 0 Å². The van der Waals surface area contributed by atoms with Crippen molar-refractivity contribution in [2.45, 2.75) is 6.92 Å². The average molecular weight is 97.9 g/mol. The molecule has 0 saturated heterocycles. The van der Waals surface area contributed by atoms with Gasteiger partial charge in [0.05, 0.1) is 0 Å². The molecule has 0 saturated carbocycles. The standard InChI is InChI=1S/C3H7BN2O/c1-3(2-5)7-6-4/h2,6H,5H2,1H3/b3-2-. The first-order valence-corrected chi connectivity index (χ1v) is 1.82. The summed E-state index contributed by atoms with van der Waals surface area (Å²) in [7, 11) is 4.74. The van der Waals surface area contributed by atoms with E-state index >= 15 is 0 Å². The maximum atomic E-state index is 4.98. The van der Waals surface area contributed by atoms with Gasteiger partial charge in [0.25, 0.3) is 0 Å². The predicted octanol–water partition coefficient (Wildman–Crippen LogP) is -0.589. The molecule has 3 nitrogen and oxygen atoms in total. The molecule has 0 heterocycles. The third-order valence-corrected chi connectivity index (χ3v) is 0.455. The van der Waals surface area contributed by atoms with E-state index < -0.39 is 0 Å². The van der Waals surface area contributed by atoms with Crippen LogP contribution in [0.25, 0.3) is 0 Å². The van der Waals surface area contributed by atoms with Crippen LogP contribution in [0.2, 0.25) is 0 Å². The van der Waals surface area contributed by atoms with E-state index in [4.69, 9.17) is 13.7 Å². The van der Waals surface area contributed by atoms with Crippen molar-refractivity contribution in [2.24, 2.45) is 5.73 Å². The molecule has 0 unspecified atom stereocenters. The van der Waals surface area contributed by atoms with Crippen LogP contribution in [-0.4, -0.2) is 7.98 Å². The molecule has 0 aliphatic heterocycles. The summed E-state index contributed by atoms with van der Waals surface area (Å²) in [6, 6.07) is 0. The first-order chi connectivity index (χ1) is 3.31. The number of nitrogens with one attached hydrogen (secondary N) is 1. The van der Waals surface area contributed by atoms with Gasteiger partial charge >= 0.3 is 0 Å². The lowest BCUT2D eigenvalue weighted by molar-refractivity contribution is 0.172. The van der Waals surface area contributed by atoms with Crippen LogP contribution in [-0.2, 0) is 4.84 Å². The van der Waals surface area contributed by atoms with Crippen LogP contribution >= 0.6 is 0 Å². The second-order valence-electron chi connectivity index (χ2n) is 0.997. The van der Waals surface area contributed by atoms with Gasteiger partial charge in [-0.3, -0.25) is 0 Å². The highest BCUT2D eigenvalue weighted by Crippen LogP contribution is 1.83. The molecule has 0 aliphatic rings. The molecule has 0 aromatic heterocycles. The van der Waals surface area contributed by atoms with Gasteiger partial charge in [0.15, 0.2) is 0 Å². The van der Waals surface area contributed by atoms with Crippen molar-refractivity contribution >= 4 is 7.98 Å². The largest absolute Gasteiger partial charge is 0.425 e. The molecule has 0 atom stereocenters. The van der Waals surface area contributed by atoms with Gasteiger partial charge in [-0.1, -0.05) is 0 Å². The molecule has 0 bridgehead atoms. The third-order valence-electron chi connectivity index (χ3n) is 0.455. The summed E-state index contributed by atoms with van der Waals surface area (Å²) >= 11 is 0. The minimum absolute atomic E-state index is 0.544. The van der Waals surface area contributed by atoms with E-state index in [2.05, 4.69) is 4.84 Å². The molecule has 0 aromatic rings. The first-order valence-electron chi connectivity index (χ1n) is 1.82. The van der Waals surface area contributed by atoms with Gasteiger partial charge in [-0.25, -0.2) is 5.39 Å². The van der Waals surface area contributed by atoms with E-state index in [0.717, 1.165) is 0 Å². The van der Waals surface area contributed by atoms with Crippen molar-refractivity contribution in [1.82, 2.24) is 5.39 Å². The maximum absolute atomic E-state index is 4.98. The molecular weight excluding hydrogens is 90.9 g/mol. The lowest BCUT2D eigenvalue weighted by Gasteiger charge is -1.98. The van der Waals surface area contributed by atoms with Gasteiger partial charge in [-0.05, 0) is 6.92 Å². The minimum atomic E-state index is 0.544. The zero-order chi connectivity index (χ0) is 5.70. The van der Waals surface area contributed by atoms with Crippen molar-refractivity contribution < 1.29 is 4.84 Å². The van der Waals surface area contributed by atoms with Gasteiger partial charge < -0.3 is 10.6 Å². The Morgan fingerprint density at radius 1 is 2.00 bits per heavy atom. The summed E-state index contributed by atoms with van der Waals surface area (Å²) in [6.45, 7) is 1.68. The zero-order valence-corrected chi connectivity index (χ0v) is 4.14. The Morgan fingerprint density at radius 2 is 2.57 bits per heavy atom. The summed E-state index contributed by atoms with van der Waals surface area (Å²) in [5, 5.41) is 1.97. The molecule has 7 heavy (non-hydrogen) atoms. The summed E-state index contributed by atoms with van der Waals surface area (Å²) in [4.78, 5) is 4.45. The maximum Gasteiger partial charge on any atom is 0.236 e. The molecule has 38 valence electrons. The molecule has 4 heteroatoms. The van der Waals surface area contributed by atoms with Crippen LogP contribution in [0.3, 0.4) is 0 Å². The molecule has 0 aromatic carbocycles. The third kappa shape index (κ3) is 3.19. The Balaban J connectivity index is 3.17. The number of hydrogen-bond donors (Lipinski definition) is 2. The molecule has 0 fully saturated rings. The summed E-state index contributed by atoms with van der Waals surface area (Å²) in [6.07, 6.45) is 1.31. The molecular formula is C3H7BN2O. The van der Waals surface area contributed by atoms with Gasteiger partial charge in [0, 0.05) is 6.20 Å². The Hall–Kier alpha value is -0.635. The van der Waals surface area contributed by atoms with Gasteiger partial charge in [0.1, 0.15) is 5.76 Å². The fourth-order valence-electron chi connectivity index (χ4n) is 0.127. The normalized spacial score (nSPS) is 11.3. The summed E-state index contributed by atoms with van der Waals surface area (Å²) < 4.78 is 0. The fourth-order valence-corrected chi connectivity index (χ4v) is 0.127. The van der Waals surface area contributed by atoms with Crippen LogP contribution < -0.4 is 11.1 Å². The second kappa shape index (κ2) is 3.55. The Labute approximate surface area is 43.9 Å². The van der Waals surface area contributed by atoms with Crippen LogP contribution in [0, 0.1) is 0 Å². The van der Waals surface area contributed by atoms with E-state index in [9.17, 15) is 0 Å². The molecule has 0 amide bonds. The van der Waals surface area contributed by atoms with E-state index in [1.54, 1.807) is 6.92 Å². The SMILES string of the molecule is [B]NO/C(C)=C\N. The highest BCUT2D eigenvalue weighted by molar-refractivity contribution is 6.03. The topological polar surface area (TPSA) is 47.3 Å². The highest BCUT2D eigenvalue weighted by Gasteiger charge is 1.78. The van der Waals surface area contributed by atoms with Crippen molar-refractivity contribution in [3.63, 3.8) is 0 Å². The first kappa shape index (κ1) is 6.36. The highest BCUT2D eigenvalue weighted by atomic mass is 16.6. The van der Waals surface area contributed by atoms with Gasteiger partial charge in [-0.2, -0.15) is 0 Å². The summed E-state index contributed by atoms with van der Waals surface area (Å²) in [5.41, 5.74) is 4.98. The van der Waals surface area contributed by atoms with Crippen molar-refractivity contribution in [2.75, 3.05) is 0 Å². The molecule has 3 N–H and O–H groups in total. The predicted molar refractivity (Wildman–Crippen MR) is 27.9 cm³/mol. The second-order valence-corrected chi connectivity index (χ2v) is 0.997.